The van der Waals surface area contributed by atoms with Crippen LogP contribution in [0.2, 0.25) is 0 Å². The number of fused-ring (bicyclic) bond motifs is 1. The van der Waals surface area contributed by atoms with Crippen molar-refractivity contribution in [2.75, 3.05) is 5.73 Å². The van der Waals surface area contributed by atoms with Gasteiger partial charge in [0.1, 0.15) is 5.82 Å². The molecule has 0 fully saturated rings. The Morgan fingerprint density at radius 2 is 2.06 bits per heavy atom. The van der Waals surface area contributed by atoms with Gasteiger partial charge in [-0.2, -0.15) is 0 Å². The van der Waals surface area contributed by atoms with Crippen LogP contribution in [0.15, 0.2) is 18.2 Å². The Balaban J connectivity index is 2.44. The van der Waals surface area contributed by atoms with Gasteiger partial charge in [-0.05, 0) is 24.1 Å². The molecule has 3 nitrogen and oxygen atoms in total. The number of nitrogen functional groups attached to an aromatic ring is 1. The molecule has 0 saturated carbocycles. The van der Waals surface area contributed by atoms with Crippen molar-refractivity contribution in [1.29, 1.82) is 0 Å². The summed E-state index contributed by atoms with van der Waals surface area (Å²) in [4.78, 5) is 4.25. The Morgan fingerprint density at radius 3 is 2.71 bits per heavy atom. The fraction of sp³-hybridized carbons (Fsp3) is 0.462. The first-order valence-corrected chi connectivity index (χ1v) is 6.07. The van der Waals surface area contributed by atoms with Gasteiger partial charge < -0.3 is 10.3 Å². The van der Waals surface area contributed by atoms with E-state index in [9.17, 15) is 4.39 Å². The maximum absolute atomic E-state index is 13.2. The van der Waals surface area contributed by atoms with E-state index < -0.39 is 0 Å². The first-order chi connectivity index (χ1) is 8.15. The van der Waals surface area contributed by atoms with Gasteiger partial charge in [0.2, 0.25) is 5.95 Å². The molecule has 4 heteroatoms. The van der Waals surface area contributed by atoms with Gasteiger partial charge in [-0.3, -0.25) is 0 Å². The maximum atomic E-state index is 13.2. The van der Waals surface area contributed by atoms with Crippen LogP contribution >= 0.6 is 0 Å². The molecule has 0 aliphatic rings. The molecule has 0 unspecified atom stereocenters. The van der Waals surface area contributed by atoms with Gasteiger partial charge in [0.05, 0.1) is 11.0 Å². The number of aromatic nitrogens is 2. The third-order valence-electron chi connectivity index (χ3n) is 3.34. The number of hydrogen-bond donors (Lipinski definition) is 1. The molecule has 1 aromatic heterocycles. The molecule has 2 aromatic rings. The lowest BCUT2D eigenvalue weighted by atomic mass is 10.0. The highest BCUT2D eigenvalue weighted by atomic mass is 19.1. The van der Waals surface area contributed by atoms with E-state index in [4.69, 9.17) is 5.73 Å². The first kappa shape index (κ1) is 11.9. The molecule has 1 aromatic carbocycles. The summed E-state index contributed by atoms with van der Waals surface area (Å²) in [6.07, 6.45) is 2.18. The smallest absolute Gasteiger partial charge is 0.201 e. The van der Waals surface area contributed by atoms with E-state index in [1.165, 1.54) is 12.1 Å². The summed E-state index contributed by atoms with van der Waals surface area (Å²) in [6.45, 7) is 5.12. The molecule has 0 aliphatic heterocycles. The number of anilines is 1. The summed E-state index contributed by atoms with van der Waals surface area (Å²) in [6, 6.07) is 4.59. The van der Waals surface area contributed by atoms with E-state index in [1.807, 2.05) is 4.57 Å². The number of hydrogen-bond acceptors (Lipinski definition) is 2. The summed E-state index contributed by atoms with van der Waals surface area (Å²) >= 11 is 0. The van der Waals surface area contributed by atoms with Crippen LogP contribution in [0.25, 0.3) is 11.0 Å². The van der Waals surface area contributed by atoms with Crippen molar-refractivity contribution in [2.45, 2.75) is 33.2 Å². The molecular formula is C13H18FN3. The van der Waals surface area contributed by atoms with Crippen LogP contribution in [0.5, 0.6) is 0 Å². The molecule has 0 aliphatic carbocycles. The van der Waals surface area contributed by atoms with E-state index in [0.717, 1.165) is 30.4 Å². The predicted octanol–water partition coefficient (Wildman–Crippen LogP) is 3.19. The highest BCUT2D eigenvalue weighted by Crippen LogP contribution is 2.22. The molecule has 92 valence electrons. The minimum atomic E-state index is -0.247. The van der Waals surface area contributed by atoms with E-state index >= 15 is 0 Å². The van der Waals surface area contributed by atoms with Crippen molar-refractivity contribution in [3.63, 3.8) is 0 Å². The zero-order valence-electron chi connectivity index (χ0n) is 10.3. The number of benzene rings is 1. The lowest BCUT2D eigenvalue weighted by Gasteiger charge is -2.14. The molecule has 0 bridgehead atoms. The Hall–Kier alpha value is -1.58. The molecule has 17 heavy (non-hydrogen) atoms. The predicted molar refractivity (Wildman–Crippen MR) is 68.2 cm³/mol. The third kappa shape index (κ3) is 2.25. The summed E-state index contributed by atoms with van der Waals surface area (Å²) in [5.41, 5.74) is 7.44. The van der Waals surface area contributed by atoms with Gasteiger partial charge >= 0.3 is 0 Å². The van der Waals surface area contributed by atoms with Crippen molar-refractivity contribution in [3.8, 4) is 0 Å². The average Bonchev–Trinajstić information content (AvgIpc) is 2.62. The van der Waals surface area contributed by atoms with Crippen molar-refractivity contribution in [1.82, 2.24) is 9.55 Å². The van der Waals surface area contributed by atoms with Crippen LogP contribution in [0, 0.1) is 11.7 Å². The summed E-state index contributed by atoms with van der Waals surface area (Å²) in [7, 11) is 0. The fourth-order valence-electron chi connectivity index (χ4n) is 2.11. The second-order valence-electron chi connectivity index (χ2n) is 4.40. The zero-order chi connectivity index (χ0) is 12.4. The molecular weight excluding hydrogens is 217 g/mol. The second kappa shape index (κ2) is 4.73. The van der Waals surface area contributed by atoms with Gasteiger partial charge in [-0.25, -0.2) is 9.37 Å². The second-order valence-corrected chi connectivity index (χ2v) is 4.40. The fourth-order valence-corrected chi connectivity index (χ4v) is 2.11. The van der Waals surface area contributed by atoms with Crippen LogP contribution in [0.1, 0.15) is 26.7 Å². The highest BCUT2D eigenvalue weighted by Gasteiger charge is 2.12. The number of imidazole rings is 1. The standard InChI is InChI=1S/C13H18FN3/c1-3-9(4-2)8-17-12-7-10(14)5-6-11(12)16-13(17)15/h5-7,9H,3-4,8H2,1-2H3,(H2,15,16). The summed E-state index contributed by atoms with van der Waals surface area (Å²) in [5, 5.41) is 0. The van der Waals surface area contributed by atoms with Crippen molar-refractivity contribution in [3.05, 3.63) is 24.0 Å². The number of rotatable bonds is 4. The Bertz CT molecular complexity index is 515. The molecule has 0 spiro atoms. The molecule has 2 rings (SSSR count). The Labute approximate surface area is 100 Å². The van der Waals surface area contributed by atoms with Crippen molar-refractivity contribution < 1.29 is 4.39 Å². The van der Waals surface area contributed by atoms with E-state index in [0.29, 0.717) is 11.9 Å². The lowest BCUT2D eigenvalue weighted by Crippen LogP contribution is -2.11. The molecule has 1 heterocycles. The minimum absolute atomic E-state index is 0.247. The molecule has 0 atom stereocenters. The van der Waals surface area contributed by atoms with E-state index in [1.54, 1.807) is 6.07 Å². The monoisotopic (exact) mass is 235 g/mol. The van der Waals surface area contributed by atoms with Crippen LogP contribution in [0.4, 0.5) is 10.3 Å². The van der Waals surface area contributed by atoms with Gasteiger partial charge in [0.15, 0.2) is 0 Å². The van der Waals surface area contributed by atoms with Crippen LogP contribution in [0.3, 0.4) is 0 Å². The maximum Gasteiger partial charge on any atom is 0.201 e. The summed E-state index contributed by atoms with van der Waals surface area (Å²) in [5.74, 6) is 0.777. The topological polar surface area (TPSA) is 43.8 Å². The number of nitrogens with zero attached hydrogens (tertiary/aromatic N) is 2. The Morgan fingerprint density at radius 1 is 1.35 bits per heavy atom. The first-order valence-electron chi connectivity index (χ1n) is 6.07. The van der Waals surface area contributed by atoms with Crippen LogP contribution in [-0.2, 0) is 6.54 Å². The SMILES string of the molecule is CCC(CC)Cn1c(N)nc2ccc(F)cc21. The summed E-state index contributed by atoms with van der Waals surface area (Å²) < 4.78 is 15.2. The molecule has 0 radical (unpaired) electrons. The van der Waals surface area contributed by atoms with E-state index in [-0.39, 0.29) is 5.82 Å². The average molecular weight is 235 g/mol. The van der Waals surface area contributed by atoms with E-state index in [2.05, 4.69) is 18.8 Å². The van der Waals surface area contributed by atoms with Crippen LogP contribution in [-0.4, -0.2) is 9.55 Å². The lowest BCUT2D eigenvalue weighted by molar-refractivity contribution is 0.427. The highest BCUT2D eigenvalue weighted by molar-refractivity contribution is 5.78. The van der Waals surface area contributed by atoms with Gasteiger partial charge in [0.25, 0.3) is 0 Å². The van der Waals surface area contributed by atoms with Crippen molar-refractivity contribution >= 4 is 17.0 Å². The third-order valence-corrected chi connectivity index (χ3v) is 3.34. The minimum Gasteiger partial charge on any atom is -0.369 e. The number of nitrogens with two attached hydrogens (primary N) is 1. The molecule has 2 N–H and O–H groups in total. The number of halogens is 1. The largest absolute Gasteiger partial charge is 0.369 e. The Kier molecular flexibility index (Phi) is 3.31. The quantitative estimate of drug-likeness (QED) is 0.884. The van der Waals surface area contributed by atoms with Crippen LogP contribution < -0.4 is 5.73 Å². The normalized spacial score (nSPS) is 11.5. The molecule has 0 amide bonds. The van der Waals surface area contributed by atoms with Gasteiger partial charge in [-0.15, -0.1) is 0 Å². The molecule has 0 saturated heterocycles. The zero-order valence-corrected chi connectivity index (χ0v) is 10.3. The van der Waals surface area contributed by atoms with Crippen molar-refractivity contribution in [2.24, 2.45) is 5.92 Å². The van der Waals surface area contributed by atoms with Gasteiger partial charge in [0, 0.05) is 6.54 Å². The van der Waals surface area contributed by atoms with Gasteiger partial charge in [-0.1, -0.05) is 26.7 Å².